The number of aryl methyl sites for hydroxylation is 1. The fraction of sp³-hybridized carbons (Fsp3) is 0.588. The van der Waals surface area contributed by atoms with E-state index >= 15 is 0 Å². The summed E-state index contributed by atoms with van der Waals surface area (Å²) in [6, 6.07) is 1.92. The number of carbonyl (C=O) groups excluding carboxylic acids is 1. The van der Waals surface area contributed by atoms with Crippen molar-refractivity contribution >= 4 is 41.5 Å². The van der Waals surface area contributed by atoms with Crippen molar-refractivity contribution in [2.24, 2.45) is 7.05 Å². The summed E-state index contributed by atoms with van der Waals surface area (Å²) in [5.74, 6) is 0. The number of nitrogens with zero attached hydrogens (tertiary/aromatic N) is 2. The molecule has 0 aliphatic carbocycles. The third-order valence-electron chi connectivity index (χ3n) is 4.45. The fourth-order valence-corrected chi connectivity index (χ4v) is 2.44. The molecule has 1 aliphatic heterocycles. The van der Waals surface area contributed by atoms with Crippen LogP contribution in [0.3, 0.4) is 0 Å². The Hall–Kier alpha value is -0.795. The fourth-order valence-electron chi connectivity index (χ4n) is 2.44. The van der Waals surface area contributed by atoms with Gasteiger partial charge in [-0.3, -0.25) is 4.79 Å². The molecule has 1 saturated heterocycles. The average molecular weight is 446 g/mol. The van der Waals surface area contributed by atoms with Gasteiger partial charge in [0.2, 0.25) is 0 Å². The zero-order chi connectivity index (χ0) is 18.7. The van der Waals surface area contributed by atoms with E-state index in [1.165, 1.54) is 0 Å². The van der Waals surface area contributed by atoms with E-state index in [0.717, 1.165) is 17.3 Å². The van der Waals surface area contributed by atoms with Crippen molar-refractivity contribution in [1.29, 1.82) is 0 Å². The number of rotatable bonds is 4. The quantitative estimate of drug-likeness (QED) is 0.308. The minimum absolute atomic E-state index is 0.417. The molecule has 1 aromatic rings. The second-order valence-corrected chi connectivity index (χ2v) is 6.98. The molecule has 1 aliphatic rings. The van der Waals surface area contributed by atoms with Crippen LogP contribution < -0.4 is 0 Å². The van der Waals surface area contributed by atoms with E-state index in [2.05, 4.69) is 22.6 Å². The molecule has 0 N–H and O–H groups in total. The van der Waals surface area contributed by atoms with Crippen LogP contribution in [0.2, 0.25) is 0 Å². The van der Waals surface area contributed by atoms with Gasteiger partial charge in [-0.15, -0.1) is 0 Å². The number of aldehydes is 1. The van der Waals surface area contributed by atoms with Crippen molar-refractivity contribution in [3.05, 3.63) is 29.7 Å². The number of carbonyl (C=O) groups is 1. The highest BCUT2D eigenvalue weighted by molar-refractivity contribution is 14.1. The van der Waals surface area contributed by atoms with Crippen LogP contribution in [0, 0.1) is 0 Å². The summed E-state index contributed by atoms with van der Waals surface area (Å²) in [4.78, 5) is 15.3. The van der Waals surface area contributed by atoms with Gasteiger partial charge >= 0.3 is 7.12 Å². The van der Waals surface area contributed by atoms with Crippen molar-refractivity contribution in [2.75, 3.05) is 19.0 Å². The van der Waals surface area contributed by atoms with Crippen molar-refractivity contribution in [1.82, 2.24) is 9.47 Å². The minimum Gasteiger partial charge on any atom is -0.399 e. The maximum Gasteiger partial charge on any atom is 0.497 e. The Morgan fingerprint density at radius 3 is 2.12 bits per heavy atom. The molecule has 2 heterocycles. The van der Waals surface area contributed by atoms with Gasteiger partial charge in [0.1, 0.15) is 0 Å². The molecule has 5 nitrogen and oxygen atoms in total. The van der Waals surface area contributed by atoms with Gasteiger partial charge in [0.25, 0.3) is 0 Å². The molecule has 0 bridgehead atoms. The minimum atomic E-state index is -0.506. The molecule has 0 aromatic carbocycles. The molecule has 0 saturated carbocycles. The third-order valence-corrected chi connectivity index (χ3v) is 4.45. The molecule has 1 fully saturated rings. The van der Waals surface area contributed by atoms with Crippen LogP contribution in [0.4, 0.5) is 0 Å². The summed E-state index contributed by atoms with van der Waals surface area (Å²) in [5.41, 5.74) is 1.47. The number of alkyl halides is 1. The van der Waals surface area contributed by atoms with Crippen molar-refractivity contribution in [3.63, 3.8) is 0 Å². The first-order valence-electron chi connectivity index (χ1n) is 7.81. The van der Waals surface area contributed by atoms with Crippen LogP contribution in [0.25, 0.3) is 5.47 Å². The lowest BCUT2D eigenvalue weighted by molar-refractivity contribution is 0.00578. The second-order valence-electron chi connectivity index (χ2n) is 6.98. The predicted molar refractivity (Wildman–Crippen MR) is 108 cm³/mol. The smallest absolute Gasteiger partial charge is 0.399 e. The lowest BCUT2D eigenvalue weighted by atomic mass is 9.74. The Morgan fingerprint density at radius 2 is 1.71 bits per heavy atom. The van der Waals surface area contributed by atoms with Crippen molar-refractivity contribution in [2.45, 2.75) is 38.9 Å². The Balaban J connectivity index is 0.00000139. The average Bonchev–Trinajstić information content (AvgIpc) is 2.95. The van der Waals surface area contributed by atoms with Crippen molar-refractivity contribution < 1.29 is 14.1 Å². The SMILES string of the molecule is CI.CN(C)/C=C(/B1OC(C)(C)C(C)(C)O1)c1ccn(C)c1C=O. The Kier molecular flexibility index (Phi) is 7.13. The standard InChI is InChI=1S/C16H25BN2O3.CH3I/c1-15(2)16(3,4)22-17(21-15)13(10-18(5)6)12-8-9-19(7)14(12)11-20;1-2/h8-11H,1-7H3;1H3/b13-10+;. The molecule has 2 rings (SSSR count). The van der Waals surface area contributed by atoms with E-state index in [0.29, 0.717) is 5.69 Å². The zero-order valence-corrected chi connectivity index (χ0v) is 18.0. The molecular formula is C17H28BIN2O3. The number of hydrogen-bond donors (Lipinski definition) is 0. The topological polar surface area (TPSA) is 43.7 Å². The Bertz CT molecular complexity index is 593. The molecule has 0 radical (unpaired) electrons. The van der Waals surface area contributed by atoms with Gasteiger partial charge in [-0.25, -0.2) is 0 Å². The summed E-state index contributed by atoms with van der Waals surface area (Å²) in [7, 11) is 5.22. The van der Waals surface area contributed by atoms with Gasteiger partial charge in [0.15, 0.2) is 6.29 Å². The van der Waals surface area contributed by atoms with Crippen LogP contribution in [0.5, 0.6) is 0 Å². The van der Waals surface area contributed by atoms with E-state index in [-0.39, 0.29) is 0 Å². The van der Waals surface area contributed by atoms with Gasteiger partial charge in [-0.1, -0.05) is 22.6 Å². The monoisotopic (exact) mass is 446 g/mol. The van der Waals surface area contributed by atoms with E-state index < -0.39 is 18.3 Å². The van der Waals surface area contributed by atoms with E-state index in [9.17, 15) is 4.79 Å². The van der Waals surface area contributed by atoms with E-state index in [1.54, 1.807) is 4.57 Å². The molecule has 1 aromatic heterocycles. The zero-order valence-electron chi connectivity index (χ0n) is 15.9. The van der Waals surface area contributed by atoms with Crippen molar-refractivity contribution in [3.8, 4) is 0 Å². The van der Waals surface area contributed by atoms with Gasteiger partial charge in [-0.05, 0) is 44.9 Å². The largest absolute Gasteiger partial charge is 0.497 e. The number of aromatic nitrogens is 1. The second kappa shape index (κ2) is 8.06. The van der Waals surface area contributed by atoms with Crippen LogP contribution in [0.15, 0.2) is 18.5 Å². The number of hydrogen-bond acceptors (Lipinski definition) is 4. The van der Waals surface area contributed by atoms with E-state index in [4.69, 9.17) is 9.31 Å². The Labute approximate surface area is 159 Å². The molecule has 134 valence electrons. The third kappa shape index (κ3) is 4.24. The van der Waals surface area contributed by atoms with Gasteiger partial charge in [0, 0.05) is 38.4 Å². The molecule has 7 heteroatoms. The molecule has 0 amide bonds. The highest BCUT2D eigenvalue weighted by atomic mass is 127. The molecule has 24 heavy (non-hydrogen) atoms. The van der Waals surface area contributed by atoms with Gasteiger partial charge in [-0.2, -0.15) is 0 Å². The van der Waals surface area contributed by atoms with Crippen LogP contribution in [0.1, 0.15) is 43.7 Å². The van der Waals surface area contributed by atoms with E-state index in [1.807, 2.05) is 77.1 Å². The predicted octanol–water partition coefficient (Wildman–Crippen LogP) is 3.42. The maximum absolute atomic E-state index is 11.4. The first kappa shape index (κ1) is 21.2. The Morgan fingerprint density at radius 1 is 1.21 bits per heavy atom. The first-order valence-corrected chi connectivity index (χ1v) is 9.97. The highest BCUT2D eigenvalue weighted by Gasteiger charge is 2.53. The highest BCUT2D eigenvalue weighted by Crippen LogP contribution is 2.41. The lowest BCUT2D eigenvalue weighted by Crippen LogP contribution is -2.41. The summed E-state index contributed by atoms with van der Waals surface area (Å²) in [5, 5.41) is 0. The van der Waals surface area contributed by atoms with Crippen LogP contribution in [-0.4, -0.2) is 53.1 Å². The first-order chi connectivity index (χ1) is 11.1. The van der Waals surface area contributed by atoms with Crippen LogP contribution in [-0.2, 0) is 16.4 Å². The summed E-state index contributed by atoms with van der Waals surface area (Å²) < 4.78 is 14.1. The normalized spacial score (nSPS) is 18.9. The molecular weight excluding hydrogens is 418 g/mol. The molecule has 0 unspecified atom stereocenters. The summed E-state index contributed by atoms with van der Waals surface area (Å²) in [6.45, 7) is 8.08. The van der Waals surface area contributed by atoms with Gasteiger partial charge < -0.3 is 18.8 Å². The maximum atomic E-state index is 11.4. The molecule has 0 spiro atoms. The lowest BCUT2D eigenvalue weighted by Gasteiger charge is -2.32. The summed E-state index contributed by atoms with van der Waals surface area (Å²) >= 11 is 2.15. The van der Waals surface area contributed by atoms with Gasteiger partial charge in [0.05, 0.1) is 16.9 Å². The molecule has 0 atom stereocenters. The summed E-state index contributed by atoms with van der Waals surface area (Å²) in [6.07, 6.45) is 4.68. The van der Waals surface area contributed by atoms with Crippen LogP contribution >= 0.6 is 22.6 Å². The number of halogens is 1.